The van der Waals surface area contributed by atoms with Gasteiger partial charge >= 0.3 is 0 Å². The van der Waals surface area contributed by atoms with Gasteiger partial charge in [0.2, 0.25) is 15.9 Å². The lowest BCUT2D eigenvalue weighted by Gasteiger charge is -2.32. The van der Waals surface area contributed by atoms with Crippen LogP contribution in [0.25, 0.3) is 0 Å². The molecule has 2 rings (SSSR count). The molecule has 0 radical (unpaired) electrons. The fraction of sp³-hybridized carbons (Fsp3) is 0.588. The summed E-state index contributed by atoms with van der Waals surface area (Å²) in [5, 5.41) is 11.2. The Balaban J connectivity index is 2.09. The van der Waals surface area contributed by atoms with Crippen LogP contribution < -0.4 is 4.72 Å². The Morgan fingerprint density at radius 3 is 2.50 bits per heavy atom. The number of piperidine rings is 1. The van der Waals surface area contributed by atoms with Crippen LogP contribution >= 0.6 is 0 Å². The molecule has 1 aliphatic heterocycles. The van der Waals surface area contributed by atoms with Crippen LogP contribution in [0, 0.1) is 23.0 Å². The average molecular weight is 383 g/mol. The lowest BCUT2D eigenvalue weighted by Crippen LogP contribution is -2.46. The van der Waals surface area contributed by atoms with Gasteiger partial charge in [-0.05, 0) is 31.2 Å². The normalized spacial score (nSPS) is 16.1. The molecule has 1 aliphatic rings. The van der Waals surface area contributed by atoms with Gasteiger partial charge in [0.25, 0.3) is 5.69 Å². The largest absolute Gasteiger partial charge is 0.343 e. The van der Waals surface area contributed by atoms with Crippen molar-refractivity contribution in [3.8, 4) is 0 Å². The zero-order chi connectivity index (χ0) is 19.5. The van der Waals surface area contributed by atoms with E-state index in [4.69, 9.17) is 0 Å². The first-order chi connectivity index (χ1) is 12.1. The summed E-state index contributed by atoms with van der Waals surface area (Å²) >= 11 is 0. The zero-order valence-electron chi connectivity index (χ0n) is 15.3. The monoisotopic (exact) mass is 383 g/mol. The molecule has 144 valence electrons. The Hall–Kier alpha value is -2.00. The minimum Gasteiger partial charge on any atom is -0.343 e. The minimum atomic E-state index is -4.02. The molecule has 1 heterocycles. The lowest BCUT2D eigenvalue weighted by molar-refractivity contribution is -0.387. The van der Waals surface area contributed by atoms with Gasteiger partial charge in [0, 0.05) is 31.6 Å². The molecule has 1 fully saturated rings. The van der Waals surface area contributed by atoms with Crippen LogP contribution in [-0.2, 0) is 14.8 Å². The van der Waals surface area contributed by atoms with Crippen molar-refractivity contribution in [1.82, 2.24) is 9.62 Å². The highest BCUT2D eigenvalue weighted by atomic mass is 32.2. The maximum Gasteiger partial charge on any atom is 0.289 e. The number of hydrogen-bond acceptors (Lipinski definition) is 5. The van der Waals surface area contributed by atoms with Gasteiger partial charge in [-0.1, -0.05) is 26.0 Å². The SMILES string of the molecule is Cc1cccc([N+](=O)[O-])c1S(=O)(=O)NC1CCN(C(=O)CC(C)C)CC1. The van der Waals surface area contributed by atoms with Gasteiger partial charge in [0.05, 0.1) is 4.92 Å². The van der Waals surface area contributed by atoms with Crippen molar-refractivity contribution < 1.29 is 18.1 Å². The number of nitrogens with zero attached hydrogens (tertiary/aromatic N) is 2. The zero-order valence-corrected chi connectivity index (χ0v) is 16.1. The number of rotatable bonds is 6. The number of carbonyl (C=O) groups is 1. The lowest BCUT2D eigenvalue weighted by atomic mass is 10.0. The van der Waals surface area contributed by atoms with E-state index in [2.05, 4.69) is 4.72 Å². The van der Waals surface area contributed by atoms with Crippen LogP contribution in [0.3, 0.4) is 0 Å². The Labute approximate surface area is 153 Å². The van der Waals surface area contributed by atoms with E-state index in [-0.39, 0.29) is 22.8 Å². The molecule has 0 bridgehead atoms. The van der Waals surface area contributed by atoms with Crippen LogP contribution in [0.4, 0.5) is 5.69 Å². The second-order valence-electron chi connectivity index (χ2n) is 7.05. The van der Waals surface area contributed by atoms with Gasteiger partial charge in [-0.15, -0.1) is 0 Å². The molecule has 8 nitrogen and oxygen atoms in total. The summed E-state index contributed by atoms with van der Waals surface area (Å²) in [7, 11) is -4.02. The standard InChI is InChI=1S/C17H25N3O5S/c1-12(2)11-16(21)19-9-7-14(8-10-19)18-26(24,25)17-13(3)5-4-6-15(17)20(22)23/h4-6,12,14,18H,7-11H2,1-3H3. The van der Waals surface area contributed by atoms with Crippen molar-refractivity contribution in [3.63, 3.8) is 0 Å². The van der Waals surface area contributed by atoms with Crippen LogP contribution in [0.2, 0.25) is 0 Å². The third-order valence-electron chi connectivity index (χ3n) is 4.41. The first-order valence-corrected chi connectivity index (χ1v) is 10.1. The number of benzene rings is 1. The predicted molar refractivity (Wildman–Crippen MR) is 97.2 cm³/mol. The van der Waals surface area contributed by atoms with E-state index >= 15 is 0 Å². The number of aryl methyl sites for hydroxylation is 1. The van der Waals surface area contributed by atoms with Gasteiger partial charge < -0.3 is 4.90 Å². The van der Waals surface area contributed by atoms with E-state index in [1.54, 1.807) is 4.90 Å². The Morgan fingerprint density at radius 1 is 1.35 bits per heavy atom. The third-order valence-corrected chi connectivity index (χ3v) is 6.12. The van der Waals surface area contributed by atoms with Crippen molar-refractivity contribution in [2.24, 2.45) is 5.92 Å². The number of carbonyl (C=O) groups excluding carboxylic acids is 1. The Kier molecular flexibility index (Phi) is 6.35. The van der Waals surface area contributed by atoms with E-state index in [0.717, 1.165) is 0 Å². The number of likely N-dealkylation sites (tertiary alicyclic amines) is 1. The molecule has 0 spiro atoms. The second kappa shape index (κ2) is 8.13. The molecule has 9 heteroatoms. The molecule has 0 atom stereocenters. The number of nitro groups is 1. The Morgan fingerprint density at radius 2 is 1.96 bits per heavy atom. The van der Waals surface area contributed by atoms with Gasteiger partial charge in [0.15, 0.2) is 4.90 Å². The summed E-state index contributed by atoms with van der Waals surface area (Å²) in [4.78, 5) is 24.1. The van der Waals surface area contributed by atoms with Crippen LogP contribution in [-0.4, -0.2) is 43.3 Å². The maximum atomic E-state index is 12.7. The van der Waals surface area contributed by atoms with Gasteiger partial charge in [-0.3, -0.25) is 14.9 Å². The van der Waals surface area contributed by atoms with Crippen molar-refractivity contribution in [2.45, 2.75) is 51.0 Å². The summed E-state index contributed by atoms with van der Waals surface area (Å²) in [6, 6.07) is 3.84. The number of amides is 1. The van der Waals surface area contributed by atoms with Crippen molar-refractivity contribution >= 4 is 21.6 Å². The van der Waals surface area contributed by atoms with Crippen molar-refractivity contribution in [1.29, 1.82) is 0 Å². The first-order valence-electron chi connectivity index (χ1n) is 8.66. The smallest absolute Gasteiger partial charge is 0.289 e. The summed E-state index contributed by atoms with van der Waals surface area (Å²) in [6.45, 7) is 6.46. The fourth-order valence-electron chi connectivity index (χ4n) is 3.13. The molecule has 1 N–H and O–H groups in total. The number of nitrogens with one attached hydrogen (secondary N) is 1. The molecule has 1 amide bonds. The molecule has 1 aromatic carbocycles. The first kappa shape index (κ1) is 20.3. The molecular weight excluding hydrogens is 358 g/mol. The molecular formula is C17H25N3O5S. The fourth-order valence-corrected chi connectivity index (χ4v) is 4.84. The highest BCUT2D eigenvalue weighted by molar-refractivity contribution is 7.89. The summed E-state index contributed by atoms with van der Waals surface area (Å²) < 4.78 is 28.0. The van der Waals surface area contributed by atoms with Crippen molar-refractivity contribution in [3.05, 3.63) is 33.9 Å². The van der Waals surface area contributed by atoms with E-state index < -0.39 is 20.6 Å². The summed E-state index contributed by atoms with van der Waals surface area (Å²) in [5.41, 5.74) is -0.0988. The van der Waals surface area contributed by atoms with Crippen molar-refractivity contribution in [2.75, 3.05) is 13.1 Å². The number of nitro benzene ring substituents is 1. The molecule has 0 saturated carbocycles. The van der Waals surface area contributed by atoms with Gasteiger partial charge in [-0.2, -0.15) is 0 Å². The third kappa shape index (κ3) is 4.79. The molecule has 0 aromatic heterocycles. The van der Waals surface area contributed by atoms with E-state index in [0.29, 0.717) is 37.9 Å². The molecule has 0 unspecified atom stereocenters. The molecule has 26 heavy (non-hydrogen) atoms. The quantitative estimate of drug-likeness (QED) is 0.598. The molecule has 1 aromatic rings. The van der Waals surface area contributed by atoms with Gasteiger partial charge in [-0.25, -0.2) is 13.1 Å². The topological polar surface area (TPSA) is 110 Å². The van der Waals surface area contributed by atoms with E-state index in [1.807, 2.05) is 13.8 Å². The van der Waals surface area contributed by atoms with E-state index in [9.17, 15) is 23.3 Å². The minimum absolute atomic E-state index is 0.0795. The van der Waals surface area contributed by atoms with Gasteiger partial charge in [0.1, 0.15) is 0 Å². The molecule has 1 saturated heterocycles. The Bertz CT molecular complexity index is 784. The molecule has 0 aliphatic carbocycles. The number of hydrogen-bond donors (Lipinski definition) is 1. The summed E-state index contributed by atoms with van der Waals surface area (Å²) in [6.07, 6.45) is 1.46. The highest BCUT2D eigenvalue weighted by Crippen LogP contribution is 2.27. The highest BCUT2D eigenvalue weighted by Gasteiger charge is 2.32. The predicted octanol–water partition coefficient (Wildman–Crippen LogP) is 2.22. The van der Waals surface area contributed by atoms with Crippen LogP contribution in [0.5, 0.6) is 0 Å². The van der Waals surface area contributed by atoms with Crippen LogP contribution in [0.15, 0.2) is 23.1 Å². The van der Waals surface area contributed by atoms with E-state index in [1.165, 1.54) is 25.1 Å². The summed E-state index contributed by atoms with van der Waals surface area (Å²) in [5.74, 6) is 0.358. The second-order valence-corrected chi connectivity index (χ2v) is 8.71. The number of sulfonamides is 1. The van der Waals surface area contributed by atoms with Crippen LogP contribution in [0.1, 0.15) is 38.7 Å². The maximum absolute atomic E-state index is 12.7. The average Bonchev–Trinajstić information content (AvgIpc) is 2.53.